The number of para-hydroxylation sites is 1. The summed E-state index contributed by atoms with van der Waals surface area (Å²) in [6.45, 7) is 4.87. The zero-order chi connectivity index (χ0) is 25.6. The van der Waals surface area contributed by atoms with Gasteiger partial charge in [0.05, 0.1) is 35.7 Å². The Morgan fingerprint density at radius 2 is 1.73 bits per heavy atom. The van der Waals surface area contributed by atoms with E-state index in [4.69, 9.17) is 0 Å². The maximum absolute atomic E-state index is 12.9. The first kappa shape index (κ1) is 24.3. The fraction of sp³-hybridized carbons (Fsp3) is 0.259. The lowest BCUT2D eigenvalue weighted by atomic mass is 9.98. The quantitative estimate of drug-likeness (QED) is 0.304. The first-order chi connectivity index (χ1) is 18.0. The number of carbonyl (C=O) groups excluding carboxylic acids is 2. The highest BCUT2D eigenvalue weighted by Gasteiger charge is 2.15. The van der Waals surface area contributed by atoms with Gasteiger partial charge in [0.15, 0.2) is 0 Å². The Hall–Kier alpha value is -4.44. The average molecular weight is 499 g/mol. The van der Waals surface area contributed by atoms with Gasteiger partial charge in [-0.2, -0.15) is 10.2 Å². The summed E-state index contributed by atoms with van der Waals surface area (Å²) in [5.74, 6) is 0.370. The van der Waals surface area contributed by atoms with E-state index >= 15 is 0 Å². The molecule has 190 valence electrons. The van der Waals surface area contributed by atoms with Gasteiger partial charge in [0.25, 0.3) is 5.91 Å². The number of aromatic nitrogens is 4. The molecule has 3 heterocycles. The van der Waals surface area contributed by atoms with Crippen LogP contribution >= 0.6 is 0 Å². The molecule has 0 atom stereocenters. The van der Waals surface area contributed by atoms with Crippen LogP contribution in [0.25, 0.3) is 5.69 Å². The molecule has 1 saturated heterocycles. The highest BCUT2D eigenvalue weighted by atomic mass is 16.2. The summed E-state index contributed by atoms with van der Waals surface area (Å²) in [6.07, 6.45) is 9.07. The second-order valence-corrected chi connectivity index (χ2v) is 9.22. The number of carbonyl (C=O) groups is 2. The molecule has 0 bridgehead atoms. The molecule has 4 aromatic rings. The largest absolute Gasteiger partial charge is 0.323 e. The smallest absolute Gasteiger partial charge is 0.319 e. The Labute approximate surface area is 215 Å². The van der Waals surface area contributed by atoms with Crippen LogP contribution in [-0.4, -0.2) is 44.6 Å². The van der Waals surface area contributed by atoms with Crippen molar-refractivity contribution >= 4 is 29.0 Å². The molecule has 0 saturated carbocycles. The second kappa shape index (κ2) is 11.1. The SMILES string of the molecule is Cc1ccccc1NC(=O)Nc1cnn(-c2cccc(C(=O)Nc3cnn(CC4CCNCC4)c3)c2)c1. The number of hydrogen-bond acceptors (Lipinski definition) is 5. The Balaban J connectivity index is 1.20. The Bertz CT molecular complexity index is 1390. The van der Waals surface area contributed by atoms with Crippen molar-refractivity contribution in [3.8, 4) is 5.69 Å². The Morgan fingerprint density at radius 3 is 2.57 bits per heavy atom. The fourth-order valence-electron chi connectivity index (χ4n) is 4.38. The predicted molar refractivity (Wildman–Crippen MR) is 143 cm³/mol. The van der Waals surface area contributed by atoms with E-state index in [0.29, 0.717) is 28.5 Å². The fourth-order valence-corrected chi connectivity index (χ4v) is 4.38. The Morgan fingerprint density at radius 1 is 0.946 bits per heavy atom. The van der Waals surface area contributed by atoms with Crippen LogP contribution < -0.4 is 21.3 Å². The van der Waals surface area contributed by atoms with Crippen LogP contribution in [0.15, 0.2) is 73.3 Å². The molecular formula is C27H30N8O2. The summed E-state index contributed by atoms with van der Waals surface area (Å²) < 4.78 is 3.51. The van der Waals surface area contributed by atoms with E-state index < -0.39 is 0 Å². The van der Waals surface area contributed by atoms with Crippen LogP contribution in [0.4, 0.5) is 21.9 Å². The van der Waals surface area contributed by atoms with Gasteiger partial charge in [-0.25, -0.2) is 9.48 Å². The number of anilines is 3. The Kier molecular flexibility index (Phi) is 7.27. The molecule has 1 aliphatic rings. The van der Waals surface area contributed by atoms with Gasteiger partial charge < -0.3 is 21.3 Å². The molecular weight excluding hydrogens is 468 g/mol. The van der Waals surface area contributed by atoms with Gasteiger partial charge in [0.1, 0.15) is 0 Å². The minimum atomic E-state index is -0.359. The van der Waals surface area contributed by atoms with Gasteiger partial charge in [0.2, 0.25) is 0 Å². The molecule has 2 aromatic carbocycles. The molecule has 0 aliphatic carbocycles. The number of urea groups is 1. The zero-order valence-corrected chi connectivity index (χ0v) is 20.6. The highest BCUT2D eigenvalue weighted by Crippen LogP contribution is 2.18. The van der Waals surface area contributed by atoms with Gasteiger partial charge in [-0.05, 0) is 68.6 Å². The zero-order valence-electron chi connectivity index (χ0n) is 20.6. The van der Waals surface area contributed by atoms with E-state index in [0.717, 1.165) is 43.7 Å². The van der Waals surface area contributed by atoms with Gasteiger partial charge in [-0.15, -0.1) is 0 Å². The average Bonchev–Trinajstić information content (AvgIpc) is 3.55. The molecule has 2 aromatic heterocycles. The molecule has 10 nitrogen and oxygen atoms in total. The molecule has 1 fully saturated rings. The third-order valence-corrected chi connectivity index (χ3v) is 6.40. The van der Waals surface area contributed by atoms with Gasteiger partial charge in [-0.1, -0.05) is 24.3 Å². The van der Waals surface area contributed by atoms with E-state index in [9.17, 15) is 9.59 Å². The van der Waals surface area contributed by atoms with Gasteiger partial charge in [-0.3, -0.25) is 9.48 Å². The molecule has 1 aliphatic heterocycles. The topological polar surface area (TPSA) is 118 Å². The number of aryl methyl sites for hydroxylation is 1. The van der Waals surface area contributed by atoms with Crippen molar-refractivity contribution in [2.24, 2.45) is 5.92 Å². The van der Waals surface area contributed by atoms with Crippen LogP contribution in [-0.2, 0) is 6.54 Å². The molecule has 5 rings (SSSR count). The van der Waals surface area contributed by atoms with Crippen molar-refractivity contribution in [1.29, 1.82) is 0 Å². The molecule has 0 spiro atoms. The summed E-state index contributed by atoms with van der Waals surface area (Å²) in [6, 6.07) is 14.3. The van der Waals surface area contributed by atoms with Crippen molar-refractivity contribution in [2.45, 2.75) is 26.3 Å². The van der Waals surface area contributed by atoms with E-state index in [1.54, 1.807) is 41.5 Å². The van der Waals surface area contributed by atoms with Crippen LogP contribution in [0.5, 0.6) is 0 Å². The van der Waals surface area contributed by atoms with Gasteiger partial charge >= 0.3 is 6.03 Å². The molecule has 37 heavy (non-hydrogen) atoms. The van der Waals surface area contributed by atoms with E-state index in [1.165, 1.54) is 0 Å². The van der Waals surface area contributed by atoms with Crippen molar-refractivity contribution in [2.75, 3.05) is 29.0 Å². The molecule has 0 radical (unpaired) electrons. The summed E-state index contributed by atoms with van der Waals surface area (Å²) in [5, 5.41) is 20.6. The number of nitrogens with zero attached hydrogens (tertiary/aromatic N) is 4. The minimum Gasteiger partial charge on any atom is -0.319 e. The van der Waals surface area contributed by atoms with E-state index in [1.807, 2.05) is 48.1 Å². The first-order valence-corrected chi connectivity index (χ1v) is 12.4. The van der Waals surface area contributed by atoms with Gasteiger partial charge in [0, 0.05) is 24.0 Å². The number of piperidine rings is 1. The monoisotopic (exact) mass is 498 g/mol. The van der Waals surface area contributed by atoms with Crippen LogP contribution in [0.2, 0.25) is 0 Å². The number of hydrogen-bond donors (Lipinski definition) is 4. The van der Waals surface area contributed by atoms with Crippen LogP contribution in [0, 0.1) is 12.8 Å². The molecule has 3 amide bonds. The molecule has 4 N–H and O–H groups in total. The van der Waals surface area contributed by atoms with E-state index in [-0.39, 0.29) is 11.9 Å². The van der Waals surface area contributed by atoms with Crippen molar-refractivity contribution in [1.82, 2.24) is 24.9 Å². The number of rotatable bonds is 7. The van der Waals surface area contributed by atoms with Crippen LogP contribution in [0.3, 0.4) is 0 Å². The highest BCUT2D eigenvalue weighted by molar-refractivity contribution is 6.04. The molecule has 10 heteroatoms. The van der Waals surface area contributed by atoms with Crippen molar-refractivity contribution < 1.29 is 9.59 Å². The summed E-state index contributed by atoms with van der Waals surface area (Å²) in [7, 11) is 0. The number of nitrogens with one attached hydrogen (secondary N) is 4. The second-order valence-electron chi connectivity index (χ2n) is 9.22. The lowest BCUT2D eigenvalue weighted by molar-refractivity contribution is 0.102. The third kappa shape index (κ3) is 6.22. The first-order valence-electron chi connectivity index (χ1n) is 12.4. The maximum Gasteiger partial charge on any atom is 0.323 e. The number of amides is 3. The maximum atomic E-state index is 12.9. The predicted octanol–water partition coefficient (Wildman–Crippen LogP) is 4.27. The van der Waals surface area contributed by atoms with Crippen molar-refractivity contribution in [3.05, 3.63) is 84.4 Å². The summed E-state index contributed by atoms with van der Waals surface area (Å²) in [4.78, 5) is 25.3. The summed E-state index contributed by atoms with van der Waals surface area (Å²) in [5.41, 5.74) is 4.09. The normalized spacial score (nSPS) is 13.8. The van der Waals surface area contributed by atoms with Crippen LogP contribution in [0.1, 0.15) is 28.8 Å². The minimum absolute atomic E-state index is 0.230. The number of benzene rings is 2. The standard InChI is InChI=1S/C27H30N8O2/c1-19-5-2-3-8-25(19)33-27(37)32-23-15-30-35(18-23)24-7-4-6-21(13-24)26(36)31-22-14-29-34(17-22)16-20-9-11-28-12-10-20/h2-8,13-15,17-18,20,28H,9-12,16H2,1H3,(H,31,36)(H2,32,33,37). The lowest BCUT2D eigenvalue weighted by Gasteiger charge is -2.22. The van der Waals surface area contributed by atoms with E-state index in [2.05, 4.69) is 31.5 Å². The lowest BCUT2D eigenvalue weighted by Crippen LogP contribution is -2.29. The van der Waals surface area contributed by atoms with Crippen molar-refractivity contribution in [3.63, 3.8) is 0 Å². The summed E-state index contributed by atoms with van der Waals surface area (Å²) >= 11 is 0. The molecule has 0 unspecified atom stereocenters. The third-order valence-electron chi connectivity index (χ3n) is 6.40.